The SMILES string of the molecule is COC(=O)C1=NN(c2ccc(Cl)cc2Cl)C(c2ccc(Br)s2)C1. The van der Waals surface area contributed by atoms with Crippen molar-refractivity contribution in [3.8, 4) is 0 Å². The molecule has 0 radical (unpaired) electrons. The Labute approximate surface area is 155 Å². The van der Waals surface area contributed by atoms with E-state index in [4.69, 9.17) is 27.9 Å². The van der Waals surface area contributed by atoms with E-state index in [1.165, 1.54) is 7.11 Å². The number of thiophene rings is 1. The third kappa shape index (κ3) is 3.40. The second kappa shape index (κ2) is 6.81. The number of hydrazone groups is 1. The van der Waals surface area contributed by atoms with Gasteiger partial charge in [0.05, 0.1) is 27.6 Å². The summed E-state index contributed by atoms with van der Waals surface area (Å²) >= 11 is 17.3. The van der Waals surface area contributed by atoms with E-state index in [1.54, 1.807) is 34.5 Å². The number of carbonyl (C=O) groups excluding carboxylic acids is 1. The summed E-state index contributed by atoms with van der Waals surface area (Å²) in [7, 11) is 1.35. The second-order valence-corrected chi connectivity index (χ2v) is 8.18. The van der Waals surface area contributed by atoms with Gasteiger partial charge in [0.2, 0.25) is 0 Å². The number of benzene rings is 1. The molecule has 1 unspecified atom stereocenters. The number of nitrogens with zero attached hydrogens (tertiary/aromatic N) is 2. The number of ether oxygens (including phenoxy) is 1. The third-order valence-corrected chi connectivity index (χ3v) is 5.67. The monoisotopic (exact) mass is 432 g/mol. The van der Waals surface area contributed by atoms with Crippen molar-refractivity contribution in [1.82, 2.24) is 0 Å². The number of halogens is 3. The summed E-state index contributed by atoms with van der Waals surface area (Å²) in [6.07, 6.45) is 0.457. The standard InChI is InChI=1S/C15H11BrCl2N2O2S/c1-22-15(21)10-7-12(13-4-5-14(16)23-13)20(19-10)11-3-2-8(17)6-9(11)18/h2-6,12H,7H2,1H3. The zero-order valence-corrected chi connectivity index (χ0v) is 15.8. The Hall–Kier alpha value is -1.08. The molecule has 2 aromatic rings. The van der Waals surface area contributed by atoms with Crippen LogP contribution in [0.1, 0.15) is 17.3 Å². The van der Waals surface area contributed by atoms with Crippen molar-refractivity contribution in [3.05, 3.63) is 49.0 Å². The number of carbonyl (C=O) groups is 1. The quantitative estimate of drug-likeness (QED) is 0.617. The Morgan fingerprint density at radius 3 is 2.78 bits per heavy atom. The molecule has 0 N–H and O–H groups in total. The highest BCUT2D eigenvalue weighted by atomic mass is 79.9. The van der Waals surface area contributed by atoms with E-state index in [0.29, 0.717) is 27.9 Å². The van der Waals surface area contributed by atoms with Crippen molar-refractivity contribution in [3.63, 3.8) is 0 Å². The average molecular weight is 434 g/mol. The van der Waals surface area contributed by atoms with Crippen molar-refractivity contribution >= 4 is 67.8 Å². The van der Waals surface area contributed by atoms with Crippen molar-refractivity contribution in [2.45, 2.75) is 12.5 Å². The highest BCUT2D eigenvalue weighted by Crippen LogP contribution is 2.42. The molecule has 0 bridgehead atoms. The summed E-state index contributed by atoms with van der Waals surface area (Å²) in [4.78, 5) is 12.9. The normalized spacial score (nSPS) is 17.3. The Morgan fingerprint density at radius 2 is 2.17 bits per heavy atom. The average Bonchev–Trinajstić information content (AvgIpc) is 3.12. The molecule has 1 aromatic heterocycles. The molecule has 1 aromatic carbocycles. The molecule has 0 saturated carbocycles. The summed E-state index contributed by atoms with van der Waals surface area (Å²) in [5.41, 5.74) is 1.07. The van der Waals surface area contributed by atoms with Crippen molar-refractivity contribution in [2.24, 2.45) is 5.10 Å². The van der Waals surface area contributed by atoms with Crippen LogP contribution in [0.25, 0.3) is 0 Å². The Kier molecular flexibility index (Phi) is 4.96. The van der Waals surface area contributed by atoms with Gasteiger partial charge in [-0.25, -0.2) is 4.79 Å². The molecule has 8 heteroatoms. The number of rotatable bonds is 3. The number of anilines is 1. The van der Waals surface area contributed by atoms with Crippen LogP contribution >= 0.6 is 50.5 Å². The van der Waals surface area contributed by atoms with Crippen LogP contribution in [0.5, 0.6) is 0 Å². The number of esters is 1. The Bertz CT molecular complexity index is 794. The topological polar surface area (TPSA) is 41.9 Å². The molecule has 1 atom stereocenters. The fourth-order valence-corrected chi connectivity index (χ4v) is 4.37. The number of methoxy groups -OCH3 is 1. The molecule has 1 aliphatic heterocycles. The summed E-state index contributed by atoms with van der Waals surface area (Å²) in [5.74, 6) is -0.432. The maximum atomic E-state index is 11.9. The molecule has 0 saturated heterocycles. The van der Waals surface area contributed by atoms with Gasteiger partial charge in [0.1, 0.15) is 5.71 Å². The fourth-order valence-electron chi connectivity index (χ4n) is 2.37. The van der Waals surface area contributed by atoms with Gasteiger partial charge >= 0.3 is 5.97 Å². The maximum Gasteiger partial charge on any atom is 0.354 e. The maximum absolute atomic E-state index is 11.9. The minimum Gasteiger partial charge on any atom is -0.464 e. The zero-order valence-electron chi connectivity index (χ0n) is 11.9. The molecule has 3 rings (SSSR count). The van der Waals surface area contributed by atoms with Crippen molar-refractivity contribution in [1.29, 1.82) is 0 Å². The molecule has 0 amide bonds. The van der Waals surface area contributed by atoms with Gasteiger partial charge in [-0.1, -0.05) is 23.2 Å². The Morgan fingerprint density at radius 1 is 1.39 bits per heavy atom. The van der Waals surface area contributed by atoms with E-state index in [1.807, 2.05) is 12.1 Å². The molecule has 0 fully saturated rings. The third-order valence-electron chi connectivity index (χ3n) is 3.41. The minimum absolute atomic E-state index is 0.112. The summed E-state index contributed by atoms with van der Waals surface area (Å²) in [6.45, 7) is 0. The van der Waals surface area contributed by atoms with Gasteiger partial charge in [0, 0.05) is 16.3 Å². The lowest BCUT2D eigenvalue weighted by Crippen LogP contribution is -2.18. The van der Waals surface area contributed by atoms with Crippen LogP contribution in [0.15, 0.2) is 39.2 Å². The molecule has 120 valence electrons. The van der Waals surface area contributed by atoms with Crippen LogP contribution in [0.3, 0.4) is 0 Å². The summed E-state index contributed by atoms with van der Waals surface area (Å²) in [5, 5.41) is 7.21. The van der Waals surface area contributed by atoms with Crippen LogP contribution in [-0.2, 0) is 9.53 Å². The first-order valence-electron chi connectivity index (χ1n) is 6.65. The fraction of sp³-hybridized carbons (Fsp3) is 0.200. The van der Waals surface area contributed by atoms with Gasteiger partial charge in [0.25, 0.3) is 0 Å². The molecular formula is C15H11BrCl2N2O2S. The van der Waals surface area contributed by atoms with E-state index in [0.717, 1.165) is 8.66 Å². The predicted molar refractivity (Wildman–Crippen MR) is 97.8 cm³/mol. The Balaban J connectivity index is 2.03. The lowest BCUT2D eigenvalue weighted by atomic mass is 10.1. The van der Waals surface area contributed by atoms with Gasteiger partial charge in [-0.15, -0.1) is 11.3 Å². The van der Waals surface area contributed by atoms with Gasteiger partial charge in [-0.05, 0) is 46.3 Å². The highest BCUT2D eigenvalue weighted by Gasteiger charge is 2.34. The lowest BCUT2D eigenvalue weighted by molar-refractivity contribution is -0.132. The molecule has 1 aliphatic rings. The van der Waals surface area contributed by atoms with E-state index >= 15 is 0 Å². The van der Waals surface area contributed by atoms with Crippen molar-refractivity contribution < 1.29 is 9.53 Å². The van der Waals surface area contributed by atoms with E-state index < -0.39 is 5.97 Å². The van der Waals surface area contributed by atoms with E-state index in [9.17, 15) is 4.79 Å². The number of hydrogen-bond acceptors (Lipinski definition) is 5. The summed E-state index contributed by atoms with van der Waals surface area (Å²) < 4.78 is 5.82. The van der Waals surface area contributed by atoms with Gasteiger partial charge in [0.15, 0.2) is 0 Å². The molecule has 0 spiro atoms. The summed E-state index contributed by atoms with van der Waals surface area (Å²) in [6, 6.07) is 9.06. The first-order valence-corrected chi connectivity index (χ1v) is 9.01. The van der Waals surface area contributed by atoms with Crippen LogP contribution in [0.4, 0.5) is 5.69 Å². The molecular weight excluding hydrogens is 423 g/mol. The first kappa shape index (κ1) is 16.8. The minimum atomic E-state index is -0.432. The van der Waals surface area contributed by atoms with Crippen LogP contribution in [0, 0.1) is 0 Å². The molecule has 23 heavy (non-hydrogen) atoms. The first-order chi connectivity index (χ1) is 11.0. The highest BCUT2D eigenvalue weighted by molar-refractivity contribution is 9.11. The predicted octanol–water partition coefficient (Wildman–Crippen LogP) is 5.30. The van der Waals surface area contributed by atoms with Crippen LogP contribution in [-0.4, -0.2) is 18.8 Å². The van der Waals surface area contributed by atoms with Crippen molar-refractivity contribution in [2.75, 3.05) is 12.1 Å². The second-order valence-electron chi connectivity index (χ2n) is 4.84. The van der Waals surface area contributed by atoms with E-state index in [2.05, 4.69) is 21.0 Å². The number of hydrogen-bond donors (Lipinski definition) is 0. The van der Waals surface area contributed by atoms with Crippen LogP contribution in [0.2, 0.25) is 10.0 Å². The molecule has 4 nitrogen and oxygen atoms in total. The van der Waals surface area contributed by atoms with Gasteiger partial charge in [-0.3, -0.25) is 5.01 Å². The van der Waals surface area contributed by atoms with E-state index in [-0.39, 0.29) is 6.04 Å². The zero-order chi connectivity index (χ0) is 16.6. The van der Waals surface area contributed by atoms with Gasteiger partial charge in [-0.2, -0.15) is 5.10 Å². The largest absolute Gasteiger partial charge is 0.464 e. The van der Waals surface area contributed by atoms with Gasteiger partial charge < -0.3 is 4.74 Å². The molecule has 0 aliphatic carbocycles. The molecule has 2 heterocycles. The smallest absolute Gasteiger partial charge is 0.354 e. The van der Waals surface area contributed by atoms with Crippen LogP contribution < -0.4 is 5.01 Å². The lowest BCUT2D eigenvalue weighted by Gasteiger charge is -2.23.